The molecule has 22 heavy (non-hydrogen) atoms. The lowest BCUT2D eigenvalue weighted by Gasteiger charge is -2.05. The molecule has 0 saturated heterocycles. The van der Waals surface area contributed by atoms with Gasteiger partial charge in [-0.15, -0.1) is 5.10 Å². The Labute approximate surface area is 126 Å². The summed E-state index contributed by atoms with van der Waals surface area (Å²) in [7, 11) is 1.55. The zero-order valence-corrected chi connectivity index (χ0v) is 12.1. The molecule has 0 radical (unpaired) electrons. The van der Waals surface area contributed by atoms with E-state index in [1.165, 1.54) is 0 Å². The largest absolute Gasteiger partial charge is 0.480 e. The van der Waals surface area contributed by atoms with Gasteiger partial charge in [-0.3, -0.25) is 5.10 Å². The van der Waals surface area contributed by atoms with Crippen molar-refractivity contribution in [2.75, 3.05) is 17.7 Å². The highest BCUT2D eigenvalue weighted by Crippen LogP contribution is 2.17. The van der Waals surface area contributed by atoms with E-state index in [2.05, 4.69) is 36.0 Å². The van der Waals surface area contributed by atoms with Gasteiger partial charge in [0, 0.05) is 18.3 Å². The van der Waals surface area contributed by atoms with Crippen LogP contribution < -0.4 is 15.4 Å². The number of nitrogens with zero attached hydrogens (tertiary/aromatic N) is 4. The van der Waals surface area contributed by atoms with E-state index in [0.717, 1.165) is 11.5 Å². The molecule has 0 unspecified atom stereocenters. The van der Waals surface area contributed by atoms with Crippen LogP contribution in [-0.2, 0) is 6.54 Å². The highest BCUT2D eigenvalue weighted by Gasteiger charge is 2.05. The van der Waals surface area contributed by atoms with Crippen molar-refractivity contribution in [3.8, 4) is 5.88 Å². The predicted molar refractivity (Wildman–Crippen MR) is 79.0 cm³/mol. The molecule has 3 rings (SSSR count). The Kier molecular flexibility index (Phi) is 3.86. The lowest BCUT2D eigenvalue weighted by atomic mass is 10.4. The minimum Gasteiger partial charge on any atom is -0.480 e. The van der Waals surface area contributed by atoms with Gasteiger partial charge < -0.3 is 19.9 Å². The van der Waals surface area contributed by atoms with Gasteiger partial charge in [0.2, 0.25) is 11.8 Å². The molecule has 0 aliphatic carbocycles. The number of aryl methyl sites for hydroxylation is 1. The minimum absolute atomic E-state index is 0.460. The van der Waals surface area contributed by atoms with Crippen LogP contribution >= 0.6 is 0 Å². The van der Waals surface area contributed by atoms with E-state index in [0.29, 0.717) is 30.0 Å². The summed E-state index contributed by atoms with van der Waals surface area (Å²) < 4.78 is 10.1. The average Bonchev–Trinajstić information content (AvgIpc) is 3.14. The van der Waals surface area contributed by atoms with Crippen molar-refractivity contribution < 1.29 is 9.26 Å². The normalized spacial score (nSPS) is 10.5. The van der Waals surface area contributed by atoms with E-state index in [1.807, 2.05) is 13.0 Å². The molecular weight excluding hydrogens is 286 g/mol. The molecule has 0 aromatic carbocycles. The molecule has 3 aromatic rings. The van der Waals surface area contributed by atoms with Gasteiger partial charge in [0.05, 0.1) is 19.3 Å². The molecule has 9 heteroatoms. The van der Waals surface area contributed by atoms with Crippen molar-refractivity contribution in [1.29, 1.82) is 0 Å². The van der Waals surface area contributed by atoms with Crippen molar-refractivity contribution in [1.82, 2.24) is 25.3 Å². The molecule has 0 spiro atoms. The van der Waals surface area contributed by atoms with Gasteiger partial charge in [0.1, 0.15) is 11.6 Å². The van der Waals surface area contributed by atoms with Crippen LogP contribution in [0.4, 0.5) is 17.6 Å². The molecule has 9 nitrogen and oxygen atoms in total. The topological polar surface area (TPSA) is 114 Å². The summed E-state index contributed by atoms with van der Waals surface area (Å²) in [6.45, 7) is 2.33. The molecular formula is C13H15N7O2. The first-order valence-electron chi connectivity index (χ1n) is 6.58. The van der Waals surface area contributed by atoms with Gasteiger partial charge in [-0.2, -0.15) is 4.98 Å². The highest BCUT2D eigenvalue weighted by molar-refractivity contribution is 5.53. The zero-order valence-electron chi connectivity index (χ0n) is 12.1. The SMILES string of the molecule is COc1cc(Nc2ccnc(NCc3cc(C)no3)n2)[nH]n1. The predicted octanol–water partition coefficient (Wildman–Crippen LogP) is 1.86. The summed E-state index contributed by atoms with van der Waals surface area (Å²) >= 11 is 0. The third-order valence-electron chi connectivity index (χ3n) is 2.78. The number of ether oxygens (including phenoxy) is 1. The van der Waals surface area contributed by atoms with Crippen LogP contribution in [0.15, 0.2) is 28.9 Å². The molecule has 0 fully saturated rings. The maximum Gasteiger partial charge on any atom is 0.234 e. The van der Waals surface area contributed by atoms with Crippen LogP contribution in [0.5, 0.6) is 5.88 Å². The molecule has 3 aromatic heterocycles. The fourth-order valence-electron chi connectivity index (χ4n) is 1.79. The minimum atomic E-state index is 0.460. The molecule has 114 valence electrons. The van der Waals surface area contributed by atoms with Crippen LogP contribution in [0.2, 0.25) is 0 Å². The summed E-state index contributed by atoms with van der Waals surface area (Å²) in [4.78, 5) is 8.49. The van der Waals surface area contributed by atoms with E-state index in [4.69, 9.17) is 9.26 Å². The van der Waals surface area contributed by atoms with Gasteiger partial charge in [0.25, 0.3) is 0 Å². The monoisotopic (exact) mass is 301 g/mol. The average molecular weight is 301 g/mol. The van der Waals surface area contributed by atoms with Crippen LogP contribution in [0.25, 0.3) is 0 Å². The smallest absolute Gasteiger partial charge is 0.234 e. The van der Waals surface area contributed by atoms with E-state index in [9.17, 15) is 0 Å². The number of nitrogens with one attached hydrogen (secondary N) is 3. The number of hydrogen-bond acceptors (Lipinski definition) is 8. The summed E-state index contributed by atoms with van der Waals surface area (Å²) in [6.07, 6.45) is 1.65. The fourth-order valence-corrected chi connectivity index (χ4v) is 1.79. The van der Waals surface area contributed by atoms with E-state index in [1.54, 1.807) is 25.4 Å². The third kappa shape index (κ3) is 3.32. The van der Waals surface area contributed by atoms with E-state index in [-0.39, 0.29) is 0 Å². The second-order valence-corrected chi connectivity index (χ2v) is 4.50. The summed E-state index contributed by atoms with van der Waals surface area (Å²) in [5, 5.41) is 16.7. The number of H-pyrrole nitrogens is 1. The first-order valence-corrected chi connectivity index (χ1v) is 6.58. The molecule has 3 N–H and O–H groups in total. The lowest BCUT2D eigenvalue weighted by molar-refractivity contribution is 0.384. The van der Waals surface area contributed by atoms with Gasteiger partial charge in [-0.25, -0.2) is 4.98 Å². The molecule has 3 heterocycles. The third-order valence-corrected chi connectivity index (χ3v) is 2.78. The molecule has 0 saturated carbocycles. The standard InChI is InChI=1S/C13H15N7O2/c1-8-5-9(22-20-8)7-15-13-14-4-3-10(17-13)16-11-6-12(21-2)19-18-11/h3-6H,7H2,1-2H3,(H3,14,15,16,17,18,19). The number of hydrogen-bond donors (Lipinski definition) is 3. The number of aromatic nitrogens is 5. The Bertz CT molecular complexity index is 752. The number of anilines is 3. The Hall–Kier alpha value is -3.10. The molecule has 0 bridgehead atoms. The van der Waals surface area contributed by atoms with Crippen molar-refractivity contribution in [2.45, 2.75) is 13.5 Å². The Morgan fingerprint density at radius 3 is 3.00 bits per heavy atom. The first kappa shape index (κ1) is 13.9. The van der Waals surface area contributed by atoms with Crippen molar-refractivity contribution >= 4 is 17.6 Å². The van der Waals surface area contributed by atoms with Crippen molar-refractivity contribution in [3.63, 3.8) is 0 Å². The number of methoxy groups -OCH3 is 1. The molecule has 0 aliphatic rings. The van der Waals surface area contributed by atoms with Crippen LogP contribution in [0.3, 0.4) is 0 Å². The van der Waals surface area contributed by atoms with Gasteiger partial charge in [0.15, 0.2) is 5.76 Å². The lowest BCUT2D eigenvalue weighted by Crippen LogP contribution is -2.04. The van der Waals surface area contributed by atoms with E-state index < -0.39 is 0 Å². The number of rotatable bonds is 6. The van der Waals surface area contributed by atoms with Gasteiger partial charge in [-0.1, -0.05) is 5.16 Å². The Morgan fingerprint density at radius 2 is 2.27 bits per heavy atom. The van der Waals surface area contributed by atoms with Crippen molar-refractivity contribution in [3.05, 3.63) is 35.9 Å². The Morgan fingerprint density at radius 1 is 1.36 bits per heavy atom. The maximum absolute atomic E-state index is 5.12. The van der Waals surface area contributed by atoms with Crippen LogP contribution in [0, 0.1) is 6.92 Å². The van der Waals surface area contributed by atoms with E-state index >= 15 is 0 Å². The van der Waals surface area contributed by atoms with Crippen LogP contribution in [-0.4, -0.2) is 32.4 Å². The molecule has 0 atom stereocenters. The maximum atomic E-state index is 5.12. The van der Waals surface area contributed by atoms with Gasteiger partial charge >= 0.3 is 0 Å². The first-order chi connectivity index (χ1) is 10.7. The summed E-state index contributed by atoms with van der Waals surface area (Å²) in [5.41, 5.74) is 0.835. The number of aromatic amines is 1. The summed E-state index contributed by atoms with van der Waals surface area (Å²) in [5.74, 6) is 2.99. The highest BCUT2D eigenvalue weighted by atomic mass is 16.5. The quantitative estimate of drug-likeness (QED) is 0.632. The summed E-state index contributed by atoms with van der Waals surface area (Å²) in [6, 6.07) is 5.33. The second kappa shape index (κ2) is 6.12. The van der Waals surface area contributed by atoms with Gasteiger partial charge in [-0.05, 0) is 13.0 Å². The second-order valence-electron chi connectivity index (χ2n) is 4.50. The fraction of sp³-hybridized carbons (Fsp3) is 0.231. The zero-order chi connectivity index (χ0) is 15.4. The molecule has 0 aliphatic heterocycles. The molecule has 0 amide bonds. The van der Waals surface area contributed by atoms with Crippen LogP contribution in [0.1, 0.15) is 11.5 Å². The van der Waals surface area contributed by atoms with Crippen molar-refractivity contribution in [2.24, 2.45) is 0 Å². The Balaban J connectivity index is 1.64.